The van der Waals surface area contributed by atoms with Crippen molar-refractivity contribution in [1.82, 2.24) is 4.57 Å². The summed E-state index contributed by atoms with van der Waals surface area (Å²) in [4.78, 5) is 59.2. The van der Waals surface area contributed by atoms with Gasteiger partial charge in [-0.15, -0.1) is 0 Å². The summed E-state index contributed by atoms with van der Waals surface area (Å²) >= 11 is 1.14. The van der Waals surface area contributed by atoms with Gasteiger partial charge >= 0.3 is 11.9 Å². The van der Waals surface area contributed by atoms with Gasteiger partial charge in [0.1, 0.15) is 10.3 Å². The lowest BCUT2D eigenvalue weighted by Crippen LogP contribution is -2.41. The van der Waals surface area contributed by atoms with E-state index in [-0.39, 0.29) is 22.6 Å². The molecular weight excluding hydrogens is 530 g/mol. The number of aromatic nitrogens is 1. The van der Waals surface area contributed by atoms with Gasteiger partial charge in [0, 0.05) is 19.0 Å². The number of carbonyl (C=O) groups excluding carboxylic acids is 3. The number of hydrogen-bond donors (Lipinski definition) is 0. The van der Waals surface area contributed by atoms with E-state index in [1.54, 1.807) is 43.0 Å². The van der Waals surface area contributed by atoms with Crippen LogP contribution in [0, 0.1) is 0 Å². The van der Waals surface area contributed by atoms with Gasteiger partial charge in [0.05, 0.1) is 35.2 Å². The van der Waals surface area contributed by atoms with E-state index in [1.807, 2.05) is 24.3 Å². The number of nitrogens with zero attached hydrogens (tertiary/aromatic N) is 3. The summed E-state index contributed by atoms with van der Waals surface area (Å²) in [7, 11) is 0. The molecule has 2 aromatic carbocycles. The van der Waals surface area contributed by atoms with Gasteiger partial charge in [0.2, 0.25) is 0 Å². The van der Waals surface area contributed by atoms with Gasteiger partial charge in [-0.25, -0.2) is 9.79 Å². The Hall–Kier alpha value is -4.31. The zero-order valence-corrected chi connectivity index (χ0v) is 23.5. The Bertz CT molecular complexity index is 1730. The third-order valence-electron chi connectivity index (χ3n) is 6.84. The summed E-state index contributed by atoms with van der Waals surface area (Å²) in [5, 5.41) is 0. The molecule has 206 valence electrons. The van der Waals surface area contributed by atoms with Crippen LogP contribution >= 0.6 is 11.3 Å². The summed E-state index contributed by atoms with van der Waals surface area (Å²) in [6.45, 7) is 7.49. The highest BCUT2D eigenvalue weighted by molar-refractivity contribution is 7.07. The number of fused-ring (bicyclic) bond motifs is 2. The van der Waals surface area contributed by atoms with Crippen LogP contribution in [0.5, 0.6) is 5.75 Å². The predicted octanol–water partition coefficient (Wildman–Crippen LogP) is 3.24. The fourth-order valence-corrected chi connectivity index (χ4v) is 6.22. The number of esters is 2. The Morgan fingerprint density at radius 1 is 1.05 bits per heavy atom. The van der Waals surface area contributed by atoms with E-state index in [0.717, 1.165) is 29.9 Å². The Morgan fingerprint density at radius 3 is 2.45 bits per heavy atom. The van der Waals surface area contributed by atoms with E-state index in [4.69, 9.17) is 9.47 Å². The highest BCUT2D eigenvalue weighted by atomic mass is 32.1. The van der Waals surface area contributed by atoms with E-state index in [9.17, 15) is 19.2 Å². The van der Waals surface area contributed by atoms with Crippen molar-refractivity contribution >= 4 is 40.4 Å². The average molecular weight is 560 g/mol. The number of hydrogen-bond acceptors (Lipinski definition) is 8. The van der Waals surface area contributed by atoms with E-state index in [2.05, 4.69) is 11.9 Å². The molecular formula is C30H29N3O6S. The molecule has 0 aliphatic carbocycles. The van der Waals surface area contributed by atoms with Crippen LogP contribution in [0.1, 0.15) is 57.7 Å². The van der Waals surface area contributed by atoms with Crippen molar-refractivity contribution < 1.29 is 23.9 Å². The van der Waals surface area contributed by atoms with E-state index < -0.39 is 23.5 Å². The quantitative estimate of drug-likeness (QED) is 0.325. The van der Waals surface area contributed by atoms with E-state index >= 15 is 0 Å². The number of rotatable bonds is 7. The molecule has 2 aliphatic heterocycles. The van der Waals surface area contributed by atoms with Gasteiger partial charge in [-0.2, -0.15) is 0 Å². The zero-order valence-electron chi connectivity index (χ0n) is 22.7. The lowest BCUT2D eigenvalue weighted by molar-refractivity contribution is -0.139. The molecule has 1 aromatic heterocycles. The van der Waals surface area contributed by atoms with Crippen molar-refractivity contribution in [3.8, 4) is 5.75 Å². The third-order valence-corrected chi connectivity index (χ3v) is 7.89. The molecule has 0 radical (unpaired) electrons. The monoisotopic (exact) mass is 559 g/mol. The first-order chi connectivity index (χ1) is 19.3. The van der Waals surface area contributed by atoms with Gasteiger partial charge in [-0.05, 0) is 44.0 Å². The number of ether oxygens (including phenoxy) is 2. The van der Waals surface area contributed by atoms with Gasteiger partial charge in [0.25, 0.3) is 11.5 Å². The third kappa shape index (κ3) is 4.68. The summed E-state index contributed by atoms with van der Waals surface area (Å²) < 4.78 is 12.2. The second kappa shape index (κ2) is 11.1. The molecule has 0 N–H and O–H groups in total. The number of allylic oxidation sites excluding steroid dienone is 1. The second-order valence-electron chi connectivity index (χ2n) is 9.49. The minimum absolute atomic E-state index is 0.154. The van der Waals surface area contributed by atoms with E-state index in [0.29, 0.717) is 39.5 Å². The van der Waals surface area contributed by atoms with Gasteiger partial charge < -0.3 is 14.4 Å². The van der Waals surface area contributed by atoms with Crippen LogP contribution in [0.3, 0.4) is 0 Å². The Labute approximate surface area is 234 Å². The van der Waals surface area contributed by atoms with Gasteiger partial charge in [0.15, 0.2) is 4.80 Å². The molecule has 9 nitrogen and oxygen atoms in total. The molecule has 0 saturated heterocycles. The molecule has 3 heterocycles. The largest absolute Gasteiger partial charge is 0.463 e. The number of benzene rings is 2. The lowest BCUT2D eigenvalue weighted by atomic mass is 9.96. The Balaban J connectivity index is 1.74. The molecule has 1 unspecified atom stereocenters. The van der Waals surface area contributed by atoms with Crippen molar-refractivity contribution in [3.63, 3.8) is 0 Å². The maximum Gasteiger partial charge on any atom is 0.338 e. The summed E-state index contributed by atoms with van der Waals surface area (Å²) in [5.74, 6) is -0.920. The number of unbranched alkanes of at least 4 members (excludes halogenated alkanes) is 1. The smallest absolute Gasteiger partial charge is 0.338 e. The van der Waals surface area contributed by atoms with E-state index in [1.165, 1.54) is 11.5 Å². The fraction of sp³-hybridized carbons (Fsp3) is 0.300. The number of carbonyl (C=O) groups is 3. The first kappa shape index (κ1) is 27.3. The van der Waals surface area contributed by atoms with Crippen molar-refractivity contribution in [3.05, 3.63) is 90.6 Å². The first-order valence-corrected chi connectivity index (χ1v) is 14.0. The molecule has 0 bridgehead atoms. The normalized spacial score (nSPS) is 17.4. The Kier molecular flexibility index (Phi) is 7.53. The van der Waals surface area contributed by atoms with Crippen LogP contribution in [0.2, 0.25) is 0 Å². The van der Waals surface area contributed by atoms with Crippen LogP contribution in [0.25, 0.3) is 5.57 Å². The minimum Gasteiger partial charge on any atom is -0.463 e. The predicted molar refractivity (Wildman–Crippen MR) is 151 cm³/mol. The summed E-state index contributed by atoms with van der Waals surface area (Å²) in [6.07, 6.45) is 1.76. The van der Waals surface area contributed by atoms with Crippen molar-refractivity contribution in [1.29, 1.82) is 0 Å². The van der Waals surface area contributed by atoms with Crippen LogP contribution in [-0.4, -0.2) is 35.6 Å². The van der Waals surface area contributed by atoms with Gasteiger partial charge in [-0.1, -0.05) is 55.0 Å². The molecule has 5 rings (SSSR count). The molecule has 3 aromatic rings. The Morgan fingerprint density at radius 2 is 1.77 bits per heavy atom. The second-order valence-corrected chi connectivity index (χ2v) is 10.5. The number of thiazole rings is 1. The zero-order chi connectivity index (χ0) is 28.6. The number of anilines is 1. The highest BCUT2D eigenvalue weighted by Crippen LogP contribution is 2.36. The highest BCUT2D eigenvalue weighted by Gasteiger charge is 2.37. The standard InChI is InChI=1S/C30H29N3O6S/c1-5-7-16-32-22-11-9-8-10-21(22)24(27(32)35)26-28(36)33-25(19-12-14-20(15-13-19)39-18(4)34)23(29(37)38-6-2)17(3)31-30(33)40-26/h8-15,25H,5-7,16H2,1-4H3/b26-24-. The van der Waals surface area contributed by atoms with Crippen molar-refractivity contribution in [2.45, 2.75) is 46.6 Å². The molecule has 1 amide bonds. The number of para-hydroxylation sites is 1. The maximum atomic E-state index is 14.2. The van der Waals surface area contributed by atoms with Crippen molar-refractivity contribution in [2.75, 3.05) is 18.1 Å². The minimum atomic E-state index is -0.848. The van der Waals surface area contributed by atoms with Crippen LogP contribution in [-0.2, 0) is 19.1 Å². The SMILES string of the molecule is CCCCN1C(=O)/C(=c2\sc3n(c2=O)C(c2ccc(OC(C)=O)cc2)C(C(=O)OCC)=C(C)N=3)c2ccccc21. The van der Waals surface area contributed by atoms with Crippen molar-refractivity contribution in [2.24, 2.45) is 4.99 Å². The molecule has 10 heteroatoms. The summed E-state index contributed by atoms with van der Waals surface area (Å²) in [6, 6.07) is 13.2. The summed E-state index contributed by atoms with van der Waals surface area (Å²) in [5.41, 5.74) is 2.68. The average Bonchev–Trinajstić information content (AvgIpc) is 3.39. The molecule has 2 aliphatic rings. The molecule has 0 spiro atoms. The van der Waals surface area contributed by atoms with Crippen LogP contribution in [0.15, 0.2) is 69.6 Å². The number of amides is 1. The molecule has 40 heavy (non-hydrogen) atoms. The molecule has 0 saturated carbocycles. The molecule has 0 fully saturated rings. The maximum absolute atomic E-state index is 14.2. The fourth-order valence-electron chi connectivity index (χ4n) is 5.08. The van der Waals surface area contributed by atoms with Crippen LogP contribution < -0.4 is 24.5 Å². The lowest BCUT2D eigenvalue weighted by Gasteiger charge is -2.24. The van der Waals surface area contributed by atoms with Gasteiger partial charge in [-0.3, -0.25) is 19.0 Å². The van der Waals surface area contributed by atoms with Crippen LogP contribution in [0.4, 0.5) is 5.69 Å². The first-order valence-electron chi connectivity index (χ1n) is 13.2. The molecule has 1 atom stereocenters. The topological polar surface area (TPSA) is 107 Å².